The van der Waals surface area contributed by atoms with Crippen molar-refractivity contribution in [2.24, 2.45) is 0 Å². The number of carboxylic acids is 2. The van der Waals surface area contributed by atoms with Crippen molar-refractivity contribution in [1.82, 2.24) is 0 Å². The normalized spacial score (nSPS) is 11.2. The minimum atomic E-state index is -1.43. The third-order valence-corrected chi connectivity index (χ3v) is 4.79. The molecule has 0 saturated heterocycles. The van der Waals surface area contributed by atoms with Crippen LogP contribution in [-0.4, -0.2) is 11.9 Å². The van der Waals surface area contributed by atoms with E-state index in [1.807, 2.05) is 0 Å². The van der Waals surface area contributed by atoms with E-state index < -0.39 is 11.9 Å². The van der Waals surface area contributed by atoms with E-state index in [-0.39, 0.29) is 76.7 Å². The van der Waals surface area contributed by atoms with Gasteiger partial charge in [0.05, 0.1) is 11.9 Å². The van der Waals surface area contributed by atoms with Crippen LogP contribution in [-0.2, 0) is 9.59 Å². The van der Waals surface area contributed by atoms with E-state index in [9.17, 15) is 19.8 Å². The smallest absolute Gasteiger partial charge is 0.545 e. The van der Waals surface area contributed by atoms with Gasteiger partial charge in [-0.15, -0.1) is 0 Å². The van der Waals surface area contributed by atoms with Crippen molar-refractivity contribution in [3.05, 3.63) is 11.1 Å². The second-order valence-electron chi connectivity index (χ2n) is 7.02. The zero-order chi connectivity index (χ0) is 18.9. The van der Waals surface area contributed by atoms with Gasteiger partial charge in [-0.3, -0.25) is 0 Å². The van der Waals surface area contributed by atoms with Crippen molar-refractivity contribution in [3.8, 4) is 0 Å². The molecule has 0 fully saturated rings. The van der Waals surface area contributed by atoms with Crippen molar-refractivity contribution < 1.29 is 78.9 Å². The minimum absolute atomic E-state index is 0. The standard InChI is InChI=1S/C21H38O4.2Na/c1-3-4-5-6-7-8-9-10-11-12-13-14-15-16-17-19(21(24)25)18(2)20(22)23;;/h3-17H2,1-2H3,(H,22,23)(H,24,25);;/q;2*+1/p-2/b19-18-;;. The molecule has 27 heavy (non-hydrogen) atoms. The van der Waals surface area contributed by atoms with Crippen LogP contribution >= 0.6 is 0 Å². The van der Waals surface area contributed by atoms with Crippen LogP contribution in [0.1, 0.15) is 110 Å². The summed E-state index contributed by atoms with van der Waals surface area (Å²) in [5.74, 6) is -2.82. The fourth-order valence-electron chi connectivity index (χ4n) is 3.06. The van der Waals surface area contributed by atoms with Crippen LogP contribution in [0, 0.1) is 0 Å². The van der Waals surface area contributed by atoms with Gasteiger partial charge in [-0.25, -0.2) is 0 Å². The van der Waals surface area contributed by atoms with Gasteiger partial charge in [-0.2, -0.15) is 0 Å². The van der Waals surface area contributed by atoms with Gasteiger partial charge in [0.15, 0.2) is 0 Å². The molecular weight excluding hydrogens is 362 g/mol. The number of hydrogen-bond acceptors (Lipinski definition) is 4. The first kappa shape index (κ1) is 32.3. The Balaban J connectivity index is -0.00000288. The molecule has 0 rings (SSSR count). The van der Waals surface area contributed by atoms with Crippen LogP contribution in [0.25, 0.3) is 0 Å². The molecule has 0 aromatic rings. The van der Waals surface area contributed by atoms with Gasteiger partial charge in [-0.1, -0.05) is 90.4 Å². The molecule has 0 heterocycles. The fourth-order valence-corrected chi connectivity index (χ4v) is 3.06. The number of unbranched alkanes of at least 4 members (excludes halogenated alkanes) is 13. The molecule has 0 amide bonds. The Kier molecular flexibility index (Phi) is 27.5. The van der Waals surface area contributed by atoms with E-state index in [0.29, 0.717) is 6.42 Å². The number of hydrogen-bond donors (Lipinski definition) is 0. The summed E-state index contributed by atoms with van der Waals surface area (Å²) in [7, 11) is 0. The third-order valence-electron chi connectivity index (χ3n) is 4.79. The largest absolute Gasteiger partial charge is 1.00 e. The molecule has 0 spiro atoms. The number of carbonyl (C=O) groups excluding carboxylic acids is 2. The van der Waals surface area contributed by atoms with Crippen LogP contribution in [0.15, 0.2) is 11.1 Å². The Morgan fingerprint density at radius 2 is 0.926 bits per heavy atom. The van der Waals surface area contributed by atoms with Gasteiger partial charge in [0, 0.05) is 0 Å². The van der Waals surface area contributed by atoms with Crippen molar-refractivity contribution in [2.45, 2.75) is 110 Å². The molecule has 0 N–H and O–H groups in total. The summed E-state index contributed by atoms with van der Waals surface area (Å²) in [4.78, 5) is 21.7. The van der Waals surface area contributed by atoms with Crippen molar-refractivity contribution >= 4 is 11.9 Å². The Labute approximate surface area is 210 Å². The first-order valence-corrected chi connectivity index (χ1v) is 10.1. The average molecular weight is 398 g/mol. The SMILES string of the molecule is CCCCCCCCCCCCCCCC/C(C(=O)[O-])=C(\C)C(=O)[O-].[Na+].[Na+]. The quantitative estimate of drug-likeness (QED) is 0.157. The molecule has 0 radical (unpaired) electrons. The molecule has 0 aromatic carbocycles. The number of rotatable bonds is 17. The molecule has 146 valence electrons. The van der Waals surface area contributed by atoms with Crippen LogP contribution < -0.4 is 69.3 Å². The Morgan fingerprint density at radius 3 is 1.22 bits per heavy atom. The maximum atomic E-state index is 11.0. The van der Waals surface area contributed by atoms with Crippen LogP contribution in [0.3, 0.4) is 0 Å². The Morgan fingerprint density at radius 1 is 0.593 bits per heavy atom. The zero-order valence-electron chi connectivity index (χ0n) is 18.2. The van der Waals surface area contributed by atoms with Gasteiger partial charge >= 0.3 is 59.1 Å². The van der Waals surface area contributed by atoms with E-state index in [1.54, 1.807) is 0 Å². The van der Waals surface area contributed by atoms with E-state index >= 15 is 0 Å². The second-order valence-corrected chi connectivity index (χ2v) is 7.02. The maximum absolute atomic E-state index is 11.0. The summed E-state index contributed by atoms with van der Waals surface area (Å²) in [5.41, 5.74) is -0.339. The monoisotopic (exact) mass is 398 g/mol. The number of carbonyl (C=O) groups is 2. The molecule has 6 heteroatoms. The molecule has 0 bridgehead atoms. The Bertz CT molecular complexity index is 409. The second kappa shape index (κ2) is 23.0. The van der Waals surface area contributed by atoms with Crippen molar-refractivity contribution in [1.29, 1.82) is 0 Å². The van der Waals surface area contributed by atoms with E-state index in [0.717, 1.165) is 12.8 Å². The van der Waals surface area contributed by atoms with Crippen LogP contribution in [0.5, 0.6) is 0 Å². The molecule has 4 nitrogen and oxygen atoms in total. The molecule has 0 unspecified atom stereocenters. The first-order chi connectivity index (χ1) is 12.0. The van der Waals surface area contributed by atoms with Crippen LogP contribution in [0.4, 0.5) is 0 Å². The van der Waals surface area contributed by atoms with Crippen molar-refractivity contribution in [3.63, 3.8) is 0 Å². The summed E-state index contributed by atoms with van der Waals surface area (Å²) < 4.78 is 0. The van der Waals surface area contributed by atoms with Gasteiger partial charge < -0.3 is 19.8 Å². The minimum Gasteiger partial charge on any atom is -0.545 e. The topological polar surface area (TPSA) is 80.3 Å². The number of carboxylic acid groups (broad SMARTS) is 2. The molecule has 0 aromatic heterocycles. The molecule has 0 saturated carbocycles. The summed E-state index contributed by atoms with van der Waals surface area (Å²) in [6.07, 6.45) is 17.4. The summed E-state index contributed by atoms with van der Waals surface area (Å²) in [6, 6.07) is 0. The molecular formula is C21H36Na2O4. The average Bonchev–Trinajstić information content (AvgIpc) is 2.57. The molecule has 0 aliphatic heterocycles. The maximum Gasteiger partial charge on any atom is 1.00 e. The fraction of sp³-hybridized carbons (Fsp3) is 0.810. The van der Waals surface area contributed by atoms with Gasteiger partial charge in [-0.05, 0) is 30.9 Å². The first-order valence-electron chi connectivity index (χ1n) is 10.1. The van der Waals surface area contributed by atoms with Crippen LogP contribution in [0.2, 0.25) is 0 Å². The van der Waals surface area contributed by atoms with Gasteiger partial charge in [0.2, 0.25) is 0 Å². The van der Waals surface area contributed by atoms with Crippen molar-refractivity contribution in [2.75, 3.05) is 0 Å². The van der Waals surface area contributed by atoms with Gasteiger partial charge in [0.25, 0.3) is 0 Å². The number of aliphatic carboxylic acids is 2. The third kappa shape index (κ3) is 19.8. The summed E-state index contributed by atoms with van der Waals surface area (Å²) in [6.45, 7) is 3.51. The molecule has 0 atom stereocenters. The van der Waals surface area contributed by atoms with E-state index in [4.69, 9.17) is 0 Å². The molecule has 0 aliphatic rings. The zero-order valence-corrected chi connectivity index (χ0v) is 22.2. The van der Waals surface area contributed by atoms with E-state index in [2.05, 4.69) is 6.92 Å². The summed E-state index contributed by atoms with van der Waals surface area (Å²) in [5, 5.41) is 21.7. The Hall–Kier alpha value is 0.680. The van der Waals surface area contributed by atoms with E-state index in [1.165, 1.54) is 77.6 Å². The predicted octanol–water partition coefficient (Wildman–Crippen LogP) is -2.32. The predicted molar refractivity (Wildman–Crippen MR) is 97.6 cm³/mol. The van der Waals surface area contributed by atoms with Gasteiger partial charge in [0.1, 0.15) is 0 Å². The summed E-state index contributed by atoms with van der Waals surface area (Å²) >= 11 is 0. The molecule has 0 aliphatic carbocycles.